The Labute approximate surface area is 131 Å². The van der Waals surface area contributed by atoms with Crippen LogP contribution in [0.2, 0.25) is 5.02 Å². The molecule has 1 heterocycles. The van der Waals surface area contributed by atoms with Gasteiger partial charge in [-0.3, -0.25) is 4.79 Å². The van der Waals surface area contributed by atoms with Crippen LogP contribution in [0.5, 0.6) is 0 Å². The average Bonchev–Trinajstić information content (AvgIpc) is 2.52. The molecule has 1 aromatic rings. The molecular weight excluding hydrogens is 286 g/mol. The fourth-order valence-corrected chi connectivity index (χ4v) is 2.94. The monoisotopic (exact) mass is 308 g/mol. The van der Waals surface area contributed by atoms with E-state index in [-0.39, 0.29) is 11.9 Å². The number of piperazine rings is 1. The molecule has 1 aromatic carbocycles. The van der Waals surface area contributed by atoms with E-state index in [4.69, 9.17) is 11.6 Å². The first kappa shape index (κ1) is 15.9. The third-order valence-corrected chi connectivity index (χ3v) is 4.34. The molecule has 1 aliphatic heterocycles. The highest BCUT2D eigenvalue weighted by molar-refractivity contribution is 6.33. The minimum atomic E-state index is -0.0293. The molecule has 21 heavy (non-hydrogen) atoms. The van der Waals surface area contributed by atoms with Gasteiger partial charge in [0.15, 0.2) is 6.04 Å². The standard InChI is InChI=1S/C16H22ClN3O/c1-3-8-18-16(21)13(2)19-9-11-20(12-10-19)15-7-5-4-6-14(15)17/h3-7,13H,1,8-12H2,2H3,(H,18,21)/p+1/t13-/m0/s1. The van der Waals surface area contributed by atoms with E-state index in [9.17, 15) is 4.79 Å². The molecule has 0 aliphatic carbocycles. The smallest absolute Gasteiger partial charge is 0.278 e. The van der Waals surface area contributed by atoms with E-state index < -0.39 is 0 Å². The van der Waals surface area contributed by atoms with Gasteiger partial charge in [0.1, 0.15) is 0 Å². The summed E-state index contributed by atoms with van der Waals surface area (Å²) in [5.74, 6) is 0.0936. The van der Waals surface area contributed by atoms with Crippen molar-refractivity contribution in [2.24, 2.45) is 0 Å². The van der Waals surface area contributed by atoms with E-state index in [0.717, 1.165) is 36.9 Å². The van der Waals surface area contributed by atoms with Crippen LogP contribution in [0.1, 0.15) is 6.92 Å². The van der Waals surface area contributed by atoms with E-state index in [1.807, 2.05) is 31.2 Å². The lowest BCUT2D eigenvalue weighted by molar-refractivity contribution is -0.914. The fraction of sp³-hybridized carbons (Fsp3) is 0.438. The van der Waals surface area contributed by atoms with Gasteiger partial charge in [0.2, 0.25) is 0 Å². The number of halogens is 1. The van der Waals surface area contributed by atoms with Crippen LogP contribution in [0.3, 0.4) is 0 Å². The van der Waals surface area contributed by atoms with Crippen LogP contribution in [0.25, 0.3) is 0 Å². The number of carbonyl (C=O) groups is 1. The lowest BCUT2D eigenvalue weighted by Crippen LogP contribution is -3.19. The number of rotatable bonds is 5. The summed E-state index contributed by atoms with van der Waals surface area (Å²) < 4.78 is 0. The summed E-state index contributed by atoms with van der Waals surface area (Å²) >= 11 is 6.24. The molecule has 2 rings (SSSR count). The van der Waals surface area contributed by atoms with E-state index in [1.54, 1.807) is 6.08 Å². The second kappa shape index (κ2) is 7.48. The van der Waals surface area contributed by atoms with Crippen LogP contribution >= 0.6 is 11.6 Å². The largest absolute Gasteiger partial charge is 0.359 e. The SMILES string of the molecule is C=CCNC(=O)[C@H](C)[NH+]1CCN(c2ccccc2Cl)CC1. The zero-order valence-electron chi connectivity index (χ0n) is 12.4. The van der Waals surface area contributed by atoms with Gasteiger partial charge < -0.3 is 15.1 Å². The summed E-state index contributed by atoms with van der Waals surface area (Å²) in [6.07, 6.45) is 1.70. The Bertz CT molecular complexity index is 498. The molecule has 0 spiro atoms. The number of nitrogens with one attached hydrogen (secondary N) is 2. The number of carbonyl (C=O) groups excluding carboxylic acids is 1. The molecule has 0 unspecified atom stereocenters. The zero-order valence-corrected chi connectivity index (χ0v) is 13.2. The maximum absolute atomic E-state index is 12.0. The molecule has 0 bridgehead atoms. The minimum absolute atomic E-state index is 0.0293. The number of nitrogens with zero attached hydrogens (tertiary/aromatic N) is 1. The van der Waals surface area contributed by atoms with E-state index in [2.05, 4.69) is 16.8 Å². The van der Waals surface area contributed by atoms with Crippen molar-refractivity contribution >= 4 is 23.2 Å². The van der Waals surface area contributed by atoms with Crippen LogP contribution in [-0.2, 0) is 4.79 Å². The first-order chi connectivity index (χ1) is 10.1. The van der Waals surface area contributed by atoms with Crippen molar-refractivity contribution < 1.29 is 9.69 Å². The molecule has 114 valence electrons. The minimum Gasteiger partial charge on any atom is -0.359 e. The number of hydrogen-bond acceptors (Lipinski definition) is 2. The topological polar surface area (TPSA) is 36.8 Å². The van der Waals surface area contributed by atoms with Gasteiger partial charge >= 0.3 is 0 Å². The number of amides is 1. The highest BCUT2D eigenvalue weighted by Gasteiger charge is 2.29. The van der Waals surface area contributed by atoms with Gasteiger partial charge in [-0.25, -0.2) is 0 Å². The normalized spacial score (nSPS) is 17.3. The number of hydrogen-bond donors (Lipinski definition) is 2. The molecule has 1 atom stereocenters. The van der Waals surface area contributed by atoms with Gasteiger partial charge in [0.05, 0.1) is 36.9 Å². The third-order valence-electron chi connectivity index (χ3n) is 4.03. The summed E-state index contributed by atoms with van der Waals surface area (Å²) in [4.78, 5) is 15.6. The van der Waals surface area contributed by atoms with Crippen LogP contribution in [0.4, 0.5) is 5.69 Å². The van der Waals surface area contributed by atoms with Gasteiger partial charge in [-0.05, 0) is 19.1 Å². The van der Waals surface area contributed by atoms with Crippen LogP contribution in [0.15, 0.2) is 36.9 Å². The first-order valence-corrected chi connectivity index (χ1v) is 7.74. The Kier molecular flexibility index (Phi) is 5.65. The maximum atomic E-state index is 12.0. The van der Waals surface area contributed by atoms with E-state index in [1.165, 1.54) is 4.90 Å². The molecule has 0 saturated carbocycles. The first-order valence-electron chi connectivity index (χ1n) is 7.36. The fourth-order valence-electron chi connectivity index (χ4n) is 2.69. The number of quaternary nitrogens is 1. The second-order valence-electron chi connectivity index (χ2n) is 5.35. The number of anilines is 1. The molecule has 0 aromatic heterocycles. The number of benzene rings is 1. The van der Waals surface area contributed by atoms with Gasteiger partial charge in [-0.2, -0.15) is 0 Å². The van der Waals surface area contributed by atoms with Crippen molar-refractivity contribution in [1.82, 2.24) is 5.32 Å². The third kappa shape index (κ3) is 3.99. The Morgan fingerprint density at radius 3 is 2.76 bits per heavy atom. The van der Waals surface area contributed by atoms with Gasteiger partial charge in [-0.1, -0.05) is 29.8 Å². The molecule has 1 fully saturated rings. The maximum Gasteiger partial charge on any atom is 0.278 e. The lowest BCUT2D eigenvalue weighted by atomic mass is 10.2. The summed E-state index contributed by atoms with van der Waals surface area (Å²) in [5, 5.41) is 3.66. The van der Waals surface area contributed by atoms with Crippen molar-refractivity contribution in [2.75, 3.05) is 37.6 Å². The summed E-state index contributed by atoms with van der Waals surface area (Å²) in [6, 6.07) is 7.89. The van der Waals surface area contributed by atoms with Crippen molar-refractivity contribution in [1.29, 1.82) is 0 Å². The Morgan fingerprint density at radius 1 is 1.48 bits per heavy atom. The van der Waals surface area contributed by atoms with Crippen LogP contribution in [-0.4, -0.2) is 44.7 Å². The van der Waals surface area contributed by atoms with E-state index in [0.29, 0.717) is 6.54 Å². The van der Waals surface area contributed by atoms with Gasteiger partial charge in [0.25, 0.3) is 5.91 Å². The highest BCUT2D eigenvalue weighted by Crippen LogP contribution is 2.24. The molecule has 0 radical (unpaired) electrons. The van der Waals surface area contributed by atoms with Crippen LogP contribution in [0, 0.1) is 0 Å². The van der Waals surface area contributed by atoms with Crippen molar-refractivity contribution in [3.8, 4) is 0 Å². The average molecular weight is 309 g/mol. The van der Waals surface area contributed by atoms with Gasteiger partial charge in [0, 0.05) is 6.54 Å². The number of para-hydroxylation sites is 1. The van der Waals surface area contributed by atoms with Crippen LogP contribution < -0.4 is 15.1 Å². The second-order valence-corrected chi connectivity index (χ2v) is 5.76. The predicted octanol–water partition coefficient (Wildman–Crippen LogP) is 0.736. The summed E-state index contributed by atoms with van der Waals surface area (Å²) in [6.45, 7) is 9.84. The molecule has 1 aliphatic rings. The zero-order chi connectivity index (χ0) is 15.2. The predicted molar refractivity (Wildman–Crippen MR) is 87.0 cm³/mol. The van der Waals surface area contributed by atoms with Crippen molar-refractivity contribution in [3.05, 3.63) is 41.9 Å². The Morgan fingerprint density at radius 2 is 2.14 bits per heavy atom. The Hall–Kier alpha value is -1.52. The quantitative estimate of drug-likeness (QED) is 0.787. The molecule has 2 N–H and O–H groups in total. The molecule has 4 nitrogen and oxygen atoms in total. The molecular formula is C16H23ClN3O+. The van der Waals surface area contributed by atoms with Crippen molar-refractivity contribution in [2.45, 2.75) is 13.0 Å². The summed E-state index contributed by atoms with van der Waals surface area (Å²) in [7, 11) is 0. The van der Waals surface area contributed by atoms with Crippen molar-refractivity contribution in [3.63, 3.8) is 0 Å². The van der Waals surface area contributed by atoms with Gasteiger partial charge in [-0.15, -0.1) is 6.58 Å². The highest BCUT2D eigenvalue weighted by atomic mass is 35.5. The lowest BCUT2D eigenvalue weighted by Gasteiger charge is -2.36. The Balaban J connectivity index is 1.90. The molecule has 5 heteroatoms. The molecule has 1 amide bonds. The molecule has 1 saturated heterocycles. The van der Waals surface area contributed by atoms with E-state index >= 15 is 0 Å². The summed E-state index contributed by atoms with van der Waals surface area (Å²) in [5.41, 5.74) is 1.09.